The van der Waals surface area contributed by atoms with Gasteiger partial charge in [0.2, 0.25) is 0 Å². The fourth-order valence-electron chi connectivity index (χ4n) is 1.95. The molecule has 7 heteroatoms. The van der Waals surface area contributed by atoms with Gasteiger partial charge in [0.1, 0.15) is 5.02 Å². The Bertz CT molecular complexity index is 499. The summed E-state index contributed by atoms with van der Waals surface area (Å²) in [4.78, 5) is 11.9. The van der Waals surface area contributed by atoms with Crippen LogP contribution in [-0.2, 0) is 11.3 Å². The molecule has 6 nitrogen and oxygen atoms in total. The second-order valence-corrected chi connectivity index (χ2v) is 5.20. The zero-order valence-electron chi connectivity index (χ0n) is 10.9. The van der Waals surface area contributed by atoms with E-state index >= 15 is 0 Å². The normalized spacial score (nSPS) is 17.0. The van der Waals surface area contributed by atoms with E-state index in [9.17, 15) is 9.90 Å². The molecule has 1 heterocycles. The van der Waals surface area contributed by atoms with Crippen LogP contribution in [0.3, 0.4) is 0 Å². The molecule has 0 aromatic carbocycles. The number of aliphatic hydroxyl groups is 1. The molecule has 2 rings (SSSR count). The number of ether oxygens (including phenoxy) is 1. The smallest absolute Gasteiger partial charge is 0.287 e. The molecular formula is C12H18ClN3O3. The number of methoxy groups -OCH3 is 1. The highest BCUT2D eigenvalue weighted by Gasteiger charge is 2.34. The van der Waals surface area contributed by atoms with Crippen molar-refractivity contribution in [3.63, 3.8) is 0 Å². The molecule has 0 unspecified atom stereocenters. The molecule has 0 radical (unpaired) electrons. The van der Waals surface area contributed by atoms with Crippen molar-refractivity contribution < 1.29 is 9.84 Å². The van der Waals surface area contributed by atoms with Crippen LogP contribution in [0.15, 0.2) is 11.0 Å². The van der Waals surface area contributed by atoms with E-state index in [4.69, 9.17) is 16.3 Å². The molecular weight excluding hydrogens is 270 g/mol. The minimum Gasteiger partial charge on any atom is -0.388 e. The van der Waals surface area contributed by atoms with Gasteiger partial charge < -0.3 is 15.2 Å². The van der Waals surface area contributed by atoms with E-state index in [0.717, 1.165) is 19.3 Å². The van der Waals surface area contributed by atoms with Crippen LogP contribution < -0.4 is 10.9 Å². The summed E-state index contributed by atoms with van der Waals surface area (Å²) in [7, 11) is 1.56. The predicted octanol–water partition coefficient (Wildman–Crippen LogP) is 0.870. The van der Waals surface area contributed by atoms with Crippen LogP contribution >= 0.6 is 11.6 Å². The Balaban J connectivity index is 2.05. The summed E-state index contributed by atoms with van der Waals surface area (Å²) in [6, 6.07) is 0. The first kappa shape index (κ1) is 14.3. The van der Waals surface area contributed by atoms with Crippen LogP contribution in [0.25, 0.3) is 0 Å². The number of hydrogen-bond acceptors (Lipinski definition) is 5. The molecule has 0 saturated heterocycles. The number of aromatic nitrogens is 2. The number of hydrogen-bond donors (Lipinski definition) is 2. The van der Waals surface area contributed by atoms with Gasteiger partial charge in [-0.05, 0) is 19.3 Å². The minimum atomic E-state index is -0.672. The summed E-state index contributed by atoms with van der Waals surface area (Å²) in [6.45, 7) is 1.14. The van der Waals surface area contributed by atoms with Crippen LogP contribution in [0.4, 0.5) is 5.69 Å². The summed E-state index contributed by atoms with van der Waals surface area (Å²) < 4.78 is 6.15. The molecule has 106 valence electrons. The lowest BCUT2D eigenvalue weighted by Crippen LogP contribution is -2.43. The summed E-state index contributed by atoms with van der Waals surface area (Å²) in [6.07, 6.45) is 4.08. The van der Waals surface area contributed by atoms with Crippen LogP contribution in [-0.4, -0.2) is 40.7 Å². The van der Waals surface area contributed by atoms with Crippen molar-refractivity contribution in [3.05, 3.63) is 21.6 Å². The Hall–Kier alpha value is -1.11. The molecule has 1 aliphatic rings. The van der Waals surface area contributed by atoms with Gasteiger partial charge in [0.05, 0.1) is 30.6 Å². The van der Waals surface area contributed by atoms with Gasteiger partial charge >= 0.3 is 0 Å². The molecule has 1 aromatic heterocycles. The number of anilines is 1. The molecule has 0 aliphatic heterocycles. The van der Waals surface area contributed by atoms with E-state index in [1.54, 1.807) is 7.11 Å². The van der Waals surface area contributed by atoms with E-state index in [1.807, 2.05) is 0 Å². The zero-order chi connectivity index (χ0) is 13.9. The molecule has 0 spiro atoms. The Morgan fingerprint density at radius 3 is 2.95 bits per heavy atom. The van der Waals surface area contributed by atoms with E-state index in [-0.39, 0.29) is 10.6 Å². The summed E-state index contributed by atoms with van der Waals surface area (Å²) >= 11 is 6.01. The van der Waals surface area contributed by atoms with Gasteiger partial charge in [-0.1, -0.05) is 11.6 Å². The van der Waals surface area contributed by atoms with Crippen molar-refractivity contribution in [2.45, 2.75) is 31.4 Å². The van der Waals surface area contributed by atoms with Gasteiger partial charge in [0, 0.05) is 13.7 Å². The molecule has 1 fully saturated rings. The lowest BCUT2D eigenvalue weighted by Gasteiger charge is -2.36. The van der Waals surface area contributed by atoms with Gasteiger partial charge in [0.25, 0.3) is 5.56 Å². The number of halogens is 1. The maximum absolute atomic E-state index is 11.9. The molecule has 1 saturated carbocycles. The third kappa shape index (κ3) is 3.26. The van der Waals surface area contributed by atoms with Crippen molar-refractivity contribution in [1.29, 1.82) is 0 Å². The third-order valence-electron chi connectivity index (χ3n) is 3.38. The van der Waals surface area contributed by atoms with Gasteiger partial charge in [-0.15, -0.1) is 0 Å². The topological polar surface area (TPSA) is 76.4 Å². The summed E-state index contributed by atoms with van der Waals surface area (Å²) in [5, 5.41) is 17.1. The second kappa shape index (κ2) is 5.90. The van der Waals surface area contributed by atoms with Gasteiger partial charge in [-0.3, -0.25) is 4.79 Å². The number of nitrogens with one attached hydrogen (secondary N) is 1. The molecule has 0 amide bonds. The fraction of sp³-hybridized carbons (Fsp3) is 0.667. The lowest BCUT2D eigenvalue weighted by atomic mass is 9.80. The minimum absolute atomic E-state index is 0.0917. The zero-order valence-corrected chi connectivity index (χ0v) is 11.6. The first-order chi connectivity index (χ1) is 9.06. The van der Waals surface area contributed by atoms with Crippen molar-refractivity contribution in [3.8, 4) is 0 Å². The average Bonchev–Trinajstić information content (AvgIpc) is 2.37. The molecule has 2 N–H and O–H groups in total. The van der Waals surface area contributed by atoms with Gasteiger partial charge in [0.15, 0.2) is 0 Å². The Morgan fingerprint density at radius 2 is 2.37 bits per heavy atom. The quantitative estimate of drug-likeness (QED) is 0.812. The van der Waals surface area contributed by atoms with Crippen LogP contribution in [0.1, 0.15) is 19.3 Å². The van der Waals surface area contributed by atoms with Crippen LogP contribution in [0, 0.1) is 0 Å². The average molecular weight is 288 g/mol. The third-order valence-corrected chi connectivity index (χ3v) is 3.75. The Kier molecular flexibility index (Phi) is 4.44. The van der Waals surface area contributed by atoms with E-state index in [1.165, 1.54) is 10.9 Å². The highest BCUT2D eigenvalue weighted by molar-refractivity contribution is 6.32. The highest BCUT2D eigenvalue weighted by Crippen LogP contribution is 2.32. The van der Waals surface area contributed by atoms with E-state index in [2.05, 4.69) is 10.4 Å². The largest absolute Gasteiger partial charge is 0.388 e. The molecule has 19 heavy (non-hydrogen) atoms. The summed E-state index contributed by atoms with van der Waals surface area (Å²) in [5.74, 6) is 0. The van der Waals surface area contributed by atoms with Gasteiger partial charge in [-0.2, -0.15) is 5.10 Å². The van der Waals surface area contributed by atoms with Crippen molar-refractivity contribution in [2.75, 3.05) is 25.6 Å². The maximum Gasteiger partial charge on any atom is 0.287 e. The molecule has 1 aliphatic carbocycles. The van der Waals surface area contributed by atoms with Crippen molar-refractivity contribution in [1.82, 2.24) is 9.78 Å². The van der Waals surface area contributed by atoms with E-state index in [0.29, 0.717) is 25.4 Å². The summed E-state index contributed by atoms with van der Waals surface area (Å²) in [5.41, 5.74) is -0.571. The Labute approximate surface area is 116 Å². The second-order valence-electron chi connectivity index (χ2n) is 4.82. The maximum atomic E-state index is 11.9. The Morgan fingerprint density at radius 1 is 1.63 bits per heavy atom. The first-order valence-corrected chi connectivity index (χ1v) is 6.64. The first-order valence-electron chi connectivity index (χ1n) is 6.26. The standard InChI is InChI=1S/C12H18ClN3O3/c1-19-6-5-16-11(17)10(13)9(7-15-16)14-8-12(18)3-2-4-12/h7,14,18H,2-6,8H2,1H3. The lowest BCUT2D eigenvalue weighted by molar-refractivity contribution is -0.0202. The van der Waals surface area contributed by atoms with E-state index < -0.39 is 5.60 Å². The van der Waals surface area contributed by atoms with Crippen LogP contribution in [0.5, 0.6) is 0 Å². The predicted molar refractivity (Wildman–Crippen MR) is 72.7 cm³/mol. The molecule has 1 aromatic rings. The number of rotatable bonds is 6. The molecule has 0 atom stereocenters. The SMILES string of the molecule is COCCn1ncc(NCC2(O)CCC2)c(Cl)c1=O. The van der Waals surface area contributed by atoms with Crippen molar-refractivity contribution in [2.24, 2.45) is 0 Å². The highest BCUT2D eigenvalue weighted by atomic mass is 35.5. The van der Waals surface area contributed by atoms with Crippen molar-refractivity contribution >= 4 is 17.3 Å². The van der Waals surface area contributed by atoms with Gasteiger partial charge in [-0.25, -0.2) is 4.68 Å². The van der Waals surface area contributed by atoms with Crippen LogP contribution in [0.2, 0.25) is 5.02 Å². The fourth-order valence-corrected chi connectivity index (χ4v) is 2.16. The number of nitrogens with zero attached hydrogens (tertiary/aromatic N) is 2. The molecule has 0 bridgehead atoms. The monoisotopic (exact) mass is 287 g/mol.